The van der Waals surface area contributed by atoms with Crippen LogP contribution in [0.4, 0.5) is 15.1 Å². The van der Waals surface area contributed by atoms with Crippen LogP contribution >= 0.6 is 22.9 Å². The van der Waals surface area contributed by atoms with Crippen molar-refractivity contribution >= 4 is 39.6 Å². The number of rotatable bonds is 4. The van der Waals surface area contributed by atoms with Crippen LogP contribution in [-0.4, -0.2) is 37.4 Å². The summed E-state index contributed by atoms with van der Waals surface area (Å²) >= 11 is 6.85. The molecule has 8 heteroatoms. The molecule has 0 amide bonds. The number of halogens is 2. The lowest BCUT2D eigenvalue weighted by Gasteiger charge is -2.28. The Labute approximate surface area is 147 Å². The monoisotopic (exact) mass is 370 g/mol. The Balaban J connectivity index is 1.97. The van der Waals surface area contributed by atoms with Gasteiger partial charge in [-0.2, -0.15) is 0 Å². The van der Waals surface area contributed by atoms with Crippen LogP contribution in [0.1, 0.15) is 20.8 Å². The number of nitrogen functional groups attached to an aromatic ring is 1. The van der Waals surface area contributed by atoms with Crippen molar-refractivity contribution in [3.63, 3.8) is 0 Å². The van der Waals surface area contributed by atoms with Crippen molar-refractivity contribution in [2.24, 2.45) is 0 Å². The lowest BCUT2D eigenvalue weighted by Crippen LogP contribution is -2.36. The number of ether oxygens (including phenoxy) is 1. The van der Waals surface area contributed by atoms with E-state index in [9.17, 15) is 14.3 Å². The van der Waals surface area contributed by atoms with E-state index in [1.807, 2.05) is 4.90 Å². The van der Waals surface area contributed by atoms with Gasteiger partial charge in [-0.05, 0) is 17.7 Å². The van der Waals surface area contributed by atoms with Gasteiger partial charge in [0.2, 0.25) is 0 Å². The second kappa shape index (κ2) is 6.96. The van der Waals surface area contributed by atoms with Crippen LogP contribution in [0.3, 0.4) is 0 Å². The number of carboxylic acids is 1. The van der Waals surface area contributed by atoms with Crippen LogP contribution in [-0.2, 0) is 11.2 Å². The van der Waals surface area contributed by atoms with Gasteiger partial charge in [-0.1, -0.05) is 17.7 Å². The SMILES string of the molecule is Nc1c(N2CCOCC2)sc(C(=O)O)c1Cc1ccc(Cl)c(F)c1. The van der Waals surface area contributed by atoms with Gasteiger partial charge in [0.15, 0.2) is 0 Å². The van der Waals surface area contributed by atoms with Gasteiger partial charge in [-0.3, -0.25) is 0 Å². The smallest absolute Gasteiger partial charge is 0.346 e. The predicted molar refractivity (Wildman–Crippen MR) is 92.9 cm³/mol. The molecule has 3 N–H and O–H groups in total. The van der Waals surface area contributed by atoms with Gasteiger partial charge in [-0.25, -0.2) is 9.18 Å². The maximum Gasteiger partial charge on any atom is 0.346 e. The Morgan fingerprint density at radius 3 is 2.75 bits per heavy atom. The highest BCUT2D eigenvalue weighted by Crippen LogP contribution is 2.40. The van der Waals surface area contributed by atoms with Gasteiger partial charge in [0.1, 0.15) is 15.7 Å². The summed E-state index contributed by atoms with van der Waals surface area (Å²) in [5.74, 6) is -1.57. The fourth-order valence-corrected chi connectivity index (χ4v) is 3.92. The Hall–Kier alpha value is -1.83. The molecule has 0 atom stereocenters. The first-order valence-corrected chi connectivity index (χ1v) is 8.58. The van der Waals surface area contributed by atoms with Crippen molar-refractivity contribution in [1.82, 2.24) is 0 Å². The second-order valence-electron chi connectivity index (χ2n) is 5.46. The summed E-state index contributed by atoms with van der Waals surface area (Å²) < 4.78 is 19.0. The van der Waals surface area contributed by atoms with Crippen LogP contribution < -0.4 is 10.6 Å². The molecular formula is C16H16ClFN2O3S. The van der Waals surface area contributed by atoms with E-state index >= 15 is 0 Å². The maximum atomic E-state index is 13.6. The Bertz CT molecular complexity index is 775. The molecule has 1 aliphatic heterocycles. The summed E-state index contributed by atoms with van der Waals surface area (Å²) in [6.45, 7) is 2.49. The molecule has 2 heterocycles. The minimum absolute atomic E-state index is 0.0319. The fourth-order valence-electron chi connectivity index (χ4n) is 2.67. The lowest BCUT2D eigenvalue weighted by molar-refractivity contribution is 0.0701. The number of aromatic carboxylic acids is 1. The van der Waals surface area contributed by atoms with E-state index in [-0.39, 0.29) is 16.3 Å². The third kappa shape index (κ3) is 3.33. The van der Waals surface area contributed by atoms with Gasteiger partial charge in [-0.15, -0.1) is 11.3 Å². The fraction of sp³-hybridized carbons (Fsp3) is 0.312. The molecule has 1 fully saturated rings. The first-order valence-electron chi connectivity index (χ1n) is 7.38. The van der Waals surface area contributed by atoms with Crippen molar-refractivity contribution in [3.05, 3.63) is 45.0 Å². The van der Waals surface area contributed by atoms with Crippen LogP contribution in [0.5, 0.6) is 0 Å². The quantitative estimate of drug-likeness (QED) is 0.864. The summed E-state index contributed by atoms with van der Waals surface area (Å²) in [7, 11) is 0. The zero-order valence-corrected chi connectivity index (χ0v) is 14.3. The van der Waals surface area contributed by atoms with Crippen molar-refractivity contribution in [1.29, 1.82) is 0 Å². The Morgan fingerprint density at radius 2 is 2.12 bits per heavy atom. The summed E-state index contributed by atoms with van der Waals surface area (Å²) in [5, 5.41) is 10.3. The zero-order chi connectivity index (χ0) is 17.3. The molecule has 128 valence electrons. The Morgan fingerprint density at radius 1 is 1.42 bits per heavy atom. The molecular weight excluding hydrogens is 355 g/mol. The maximum absolute atomic E-state index is 13.6. The van der Waals surface area contributed by atoms with Crippen molar-refractivity contribution in [3.8, 4) is 0 Å². The topological polar surface area (TPSA) is 75.8 Å². The average molecular weight is 371 g/mol. The minimum Gasteiger partial charge on any atom is -0.477 e. The molecule has 2 aromatic rings. The number of nitrogens with zero attached hydrogens (tertiary/aromatic N) is 1. The summed E-state index contributed by atoms with van der Waals surface area (Å²) in [5.41, 5.74) is 7.81. The molecule has 1 aromatic heterocycles. The number of benzene rings is 1. The van der Waals surface area contributed by atoms with Crippen LogP contribution in [0, 0.1) is 5.82 Å². The largest absolute Gasteiger partial charge is 0.477 e. The molecule has 0 bridgehead atoms. The second-order valence-corrected chi connectivity index (χ2v) is 6.86. The molecule has 24 heavy (non-hydrogen) atoms. The average Bonchev–Trinajstić information content (AvgIpc) is 2.89. The molecule has 0 spiro atoms. The van der Waals surface area contributed by atoms with Gasteiger partial charge in [0.05, 0.1) is 23.9 Å². The van der Waals surface area contributed by atoms with Gasteiger partial charge < -0.3 is 20.5 Å². The molecule has 1 saturated heterocycles. The molecule has 0 unspecified atom stereocenters. The number of hydrogen-bond acceptors (Lipinski definition) is 5. The highest BCUT2D eigenvalue weighted by molar-refractivity contribution is 7.18. The molecule has 0 radical (unpaired) electrons. The third-order valence-corrected chi connectivity index (χ3v) is 5.49. The molecule has 1 aliphatic rings. The Kier molecular flexibility index (Phi) is 4.93. The molecule has 5 nitrogen and oxygen atoms in total. The third-order valence-electron chi connectivity index (χ3n) is 3.89. The van der Waals surface area contributed by atoms with Crippen molar-refractivity contribution in [2.45, 2.75) is 6.42 Å². The van der Waals surface area contributed by atoms with Crippen molar-refractivity contribution in [2.75, 3.05) is 36.9 Å². The number of morpholine rings is 1. The number of hydrogen-bond donors (Lipinski definition) is 2. The van der Waals surface area contributed by atoms with E-state index in [0.29, 0.717) is 43.1 Å². The highest BCUT2D eigenvalue weighted by atomic mass is 35.5. The van der Waals surface area contributed by atoms with Gasteiger partial charge in [0.25, 0.3) is 0 Å². The highest BCUT2D eigenvalue weighted by Gasteiger charge is 2.25. The summed E-state index contributed by atoms with van der Waals surface area (Å²) in [6, 6.07) is 4.43. The number of carbonyl (C=O) groups is 1. The summed E-state index contributed by atoms with van der Waals surface area (Å²) in [6.07, 6.45) is 0.238. The number of thiophene rings is 1. The van der Waals surface area contributed by atoms with E-state index in [2.05, 4.69) is 0 Å². The van der Waals surface area contributed by atoms with Crippen LogP contribution in [0.2, 0.25) is 5.02 Å². The molecule has 0 saturated carbocycles. The first-order chi connectivity index (χ1) is 11.5. The van der Waals surface area contributed by atoms with Gasteiger partial charge >= 0.3 is 5.97 Å². The van der Waals surface area contributed by atoms with Crippen LogP contribution in [0.25, 0.3) is 0 Å². The standard InChI is InChI=1S/C16H16ClFN2O3S/c17-11-2-1-9(8-12(11)18)7-10-13(19)15(24-14(10)16(21)22)20-3-5-23-6-4-20/h1-2,8H,3-7,19H2,(H,21,22). The first kappa shape index (κ1) is 17.0. The normalized spacial score (nSPS) is 14.8. The predicted octanol–water partition coefficient (Wildman–Crippen LogP) is 3.25. The van der Waals surface area contributed by atoms with Gasteiger partial charge in [0, 0.05) is 25.1 Å². The summed E-state index contributed by atoms with van der Waals surface area (Å²) in [4.78, 5) is 13.8. The van der Waals surface area contributed by atoms with Crippen LogP contribution in [0.15, 0.2) is 18.2 Å². The molecule has 0 aliphatic carbocycles. The molecule has 3 rings (SSSR count). The van der Waals surface area contributed by atoms with E-state index < -0.39 is 11.8 Å². The minimum atomic E-state index is -1.03. The number of nitrogens with two attached hydrogens (primary N) is 1. The van der Waals surface area contributed by atoms with Crippen molar-refractivity contribution < 1.29 is 19.0 Å². The van der Waals surface area contributed by atoms with E-state index in [1.54, 1.807) is 6.07 Å². The zero-order valence-electron chi connectivity index (χ0n) is 12.7. The van der Waals surface area contributed by atoms with E-state index in [4.69, 9.17) is 22.1 Å². The lowest BCUT2D eigenvalue weighted by atomic mass is 10.0. The van der Waals surface area contributed by atoms with E-state index in [0.717, 1.165) is 16.3 Å². The van der Waals surface area contributed by atoms with E-state index in [1.165, 1.54) is 12.1 Å². The number of carboxylic acid groups (broad SMARTS) is 1. The number of anilines is 2. The molecule has 1 aromatic carbocycles.